The van der Waals surface area contributed by atoms with Crippen molar-refractivity contribution in [3.05, 3.63) is 41.5 Å². The Bertz CT molecular complexity index is 712. The molecule has 6 nitrogen and oxygen atoms in total. The van der Waals surface area contributed by atoms with Crippen molar-refractivity contribution in [2.24, 2.45) is 0 Å². The van der Waals surface area contributed by atoms with Crippen molar-refractivity contribution in [1.29, 1.82) is 0 Å². The van der Waals surface area contributed by atoms with E-state index >= 15 is 0 Å². The maximum absolute atomic E-state index is 12.3. The van der Waals surface area contributed by atoms with Crippen molar-refractivity contribution in [3.63, 3.8) is 0 Å². The monoisotopic (exact) mass is 341 g/mol. The molecule has 1 heterocycles. The Kier molecular flexibility index (Phi) is 5.48. The molecule has 0 aromatic heterocycles. The van der Waals surface area contributed by atoms with Gasteiger partial charge < -0.3 is 16.0 Å². The zero-order chi connectivity index (χ0) is 17.6. The van der Waals surface area contributed by atoms with Crippen molar-refractivity contribution in [2.45, 2.75) is 44.6 Å². The third-order valence-electron chi connectivity index (χ3n) is 4.59. The van der Waals surface area contributed by atoms with Crippen molar-refractivity contribution < 1.29 is 14.4 Å². The highest BCUT2D eigenvalue weighted by molar-refractivity contribution is 6.10. The van der Waals surface area contributed by atoms with Crippen molar-refractivity contribution in [3.8, 4) is 0 Å². The van der Waals surface area contributed by atoms with Gasteiger partial charge in [0, 0.05) is 6.54 Å². The number of carbonyl (C=O) groups excluding carboxylic acids is 3. The fraction of sp³-hybridized carbons (Fsp3) is 0.421. The summed E-state index contributed by atoms with van der Waals surface area (Å²) in [5, 5.41) is 8.18. The largest absolute Gasteiger partial charge is 0.356 e. The highest BCUT2D eigenvalue weighted by Gasteiger charge is 2.29. The Morgan fingerprint density at radius 2 is 2.04 bits per heavy atom. The second kappa shape index (κ2) is 7.96. The van der Waals surface area contributed by atoms with E-state index in [1.54, 1.807) is 24.3 Å². The van der Waals surface area contributed by atoms with Gasteiger partial charge in [-0.2, -0.15) is 0 Å². The molecule has 2 aliphatic rings. The van der Waals surface area contributed by atoms with Crippen LogP contribution in [0.15, 0.2) is 35.9 Å². The zero-order valence-corrected chi connectivity index (χ0v) is 14.1. The molecule has 6 heteroatoms. The standard InChI is InChI=1S/C19H23N3O3/c23-17(20-11-10-13-6-2-1-3-7-13)12-16-19(25)21-15-9-5-4-8-14(15)18(24)22-16/h4-6,8-9,16H,1-3,7,10-12H2,(H,20,23)(H,21,25)(H,22,24). The van der Waals surface area contributed by atoms with Crippen molar-refractivity contribution in [1.82, 2.24) is 10.6 Å². The predicted molar refractivity (Wildman–Crippen MR) is 95.1 cm³/mol. The first-order valence-electron chi connectivity index (χ1n) is 8.79. The van der Waals surface area contributed by atoms with E-state index in [0.29, 0.717) is 17.8 Å². The highest BCUT2D eigenvalue weighted by atomic mass is 16.2. The molecule has 1 aromatic rings. The van der Waals surface area contributed by atoms with Crippen LogP contribution in [-0.4, -0.2) is 30.3 Å². The van der Waals surface area contributed by atoms with Gasteiger partial charge in [-0.25, -0.2) is 0 Å². The quantitative estimate of drug-likeness (QED) is 0.717. The summed E-state index contributed by atoms with van der Waals surface area (Å²) in [6.45, 7) is 0.563. The van der Waals surface area contributed by atoms with Gasteiger partial charge in [0.25, 0.3) is 5.91 Å². The summed E-state index contributed by atoms with van der Waals surface area (Å²) in [5.41, 5.74) is 2.27. The number of fused-ring (bicyclic) bond motifs is 1. The Balaban J connectivity index is 1.52. The number of rotatable bonds is 5. The number of hydrogen-bond donors (Lipinski definition) is 3. The lowest BCUT2D eigenvalue weighted by Crippen LogP contribution is -2.44. The molecule has 1 aromatic carbocycles. The molecular weight excluding hydrogens is 318 g/mol. The lowest BCUT2D eigenvalue weighted by atomic mass is 9.97. The van der Waals surface area contributed by atoms with E-state index in [0.717, 1.165) is 19.3 Å². The van der Waals surface area contributed by atoms with Crippen LogP contribution in [0.2, 0.25) is 0 Å². The second-order valence-electron chi connectivity index (χ2n) is 6.47. The number of carbonyl (C=O) groups is 3. The molecule has 25 heavy (non-hydrogen) atoms. The summed E-state index contributed by atoms with van der Waals surface area (Å²) in [5.74, 6) is -0.953. The number of anilines is 1. The average Bonchev–Trinajstić information content (AvgIpc) is 2.73. The van der Waals surface area contributed by atoms with E-state index in [-0.39, 0.29) is 24.1 Å². The second-order valence-corrected chi connectivity index (χ2v) is 6.47. The van der Waals surface area contributed by atoms with Gasteiger partial charge in [-0.15, -0.1) is 0 Å². The number of allylic oxidation sites excluding steroid dienone is 1. The molecule has 3 rings (SSSR count). The van der Waals surface area contributed by atoms with Gasteiger partial charge in [-0.1, -0.05) is 23.8 Å². The minimum Gasteiger partial charge on any atom is -0.356 e. The number of amides is 3. The highest BCUT2D eigenvalue weighted by Crippen LogP contribution is 2.20. The summed E-state index contributed by atoms with van der Waals surface area (Å²) in [6.07, 6.45) is 7.73. The summed E-state index contributed by atoms with van der Waals surface area (Å²) in [6, 6.07) is 5.93. The first-order valence-corrected chi connectivity index (χ1v) is 8.79. The summed E-state index contributed by atoms with van der Waals surface area (Å²) in [4.78, 5) is 36.6. The number of benzene rings is 1. The lowest BCUT2D eigenvalue weighted by molar-refractivity contribution is -0.125. The van der Waals surface area contributed by atoms with Gasteiger partial charge in [-0.05, 0) is 44.2 Å². The summed E-state index contributed by atoms with van der Waals surface area (Å²) >= 11 is 0. The van der Waals surface area contributed by atoms with E-state index in [2.05, 4.69) is 22.0 Å². The van der Waals surface area contributed by atoms with Crippen LogP contribution in [-0.2, 0) is 9.59 Å². The molecule has 1 unspecified atom stereocenters. The molecule has 1 aliphatic heterocycles. The van der Waals surface area contributed by atoms with Crippen molar-refractivity contribution in [2.75, 3.05) is 11.9 Å². The first kappa shape index (κ1) is 17.2. The molecule has 0 saturated heterocycles. The van der Waals surface area contributed by atoms with E-state index in [1.807, 2.05) is 0 Å². The van der Waals surface area contributed by atoms with Gasteiger partial charge in [-0.3, -0.25) is 14.4 Å². The third-order valence-corrected chi connectivity index (χ3v) is 4.59. The molecule has 1 atom stereocenters. The molecule has 0 bridgehead atoms. The molecule has 3 N–H and O–H groups in total. The van der Waals surface area contributed by atoms with E-state index < -0.39 is 6.04 Å². The van der Waals surface area contributed by atoms with Crippen LogP contribution in [0.1, 0.15) is 48.9 Å². The van der Waals surface area contributed by atoms with Gasteiger partial charge in [0.2, 0.25) is 11.8 Å². The zero-order valence-electron chi connectivity index (χ0n) is 14.1. The lowest BCUT2D eigenvalue weighted by Gasteiger charge is -2.15. The minimum atomic E-state index is -0.867. The minimum absolute atomic E-state index is 0.0649. The van der Waals surface area contributed by atoms with Crippen LogP contribution in [0.4, 0.5) is 5.69 Å². The number of nitrogens with one attached hydrogen (secondary N) is 3. The maximum atomic E-state index is 12.3. The topological polar surface area (TPSA) is 87.3 Å². The number of para-hydroxylation sites is 1. The SMILES string of the molecule is O=C(CC1NC(=O)c2ccccc2NC1=O)NCCC1=CCCCC1. The fourth-order valence-corrected chi connectivity index (χ4v) is 3.21. The Morgan fingerprint density at radius 1 is 1.20 bits per heavy atom. The molecule has 0 spiro atoms. The van der Waals surface area contributed by atoms with Crippen molar-refractivity contribution >= 4 is 23.4 Å². The van der Waals surface area contributed by atoms with Crippen LogP contribution in [0.5, 0.6) is 0 Å². The van der Waals surface area contributed by atoms with E-state index in [1.165, 1.54) is 18.4 Å². The molecule has 1 aliphatic carbocycles. The smallest absolute Gasteiger partial charge is 0.254 e. The van der Waals surface area contributed by atoms with Gasteiger partial charge in [0.1, 0.15) is 6.04 Å². The summed E-state index contributed by atoms with van der Waals surface area (Å²) in [7, 11) is 0. The van der Waals surface area contributed by atoms with Gasteiger partial charge in [0.15, 0.2) is 0 Å². The van der Waals surface area contributed by atoms with Crippen LogP contribution in [0.3, 0.4) is 0 Å². The molecule has 3 amide bonds. The molecule has 0 fully saturated rings. The van der Waals surface area contributed by atoms with Crippen LogP contribution >= 0.6 is 0 Å². The van der Waals surface area contributed by atoms with Crippen LogP contribution in [0.25, 0.3) is 0 Å². The molecule has 0 radical (unpaired) electrons. The van der Waals surface area contributed by atoms with Crippen LogP contribution < -0.4 is 16.0 Å². The Labute approximate surface area is 147 Å². The molecule has 0 saturated carbocycles. The normalized spacial score (nSPS) is 19.8. The average molecular weight is 341 g/mol. The Hall–Kier alpha value is -2.63. The van der Waals surface area contributed by atoms with Gasteiger partial charge in [0.05, 0.1) is 17.7 Å². The fourth-order valence-electron chi connectivity index (χ4n) is 3.21. The van der Waals surface area contributed by atoms with E-state index in [9.17, 15) is 14.4 Å². The van der Waals surface area contributed by atoms with Gasteiger partial charge >= 0.3 is 0 Å². The van der Waals surface area contributed by atoms with Crippen LogP contribution in [0, 0.1) is 0 Å². The Morgan fingerprint density at radius 3 is 2.84 bits per heavy atom. The first-order chi connectivity index (χ1) is 12.1. The van der Waals surface area contributed by atoms with E-state index in [4.69, 9.17) is 0 Å². The number of hydrogen-bond acceptors (Lipinski definition) is 3. The molecular formula is C19H23N3O3. The maximum Gasteiger partial charge on any atom is 0.254 e. The summed E-state index contributed by atoms with van der Waals surface area (Å²) < 4.78 is 0. The predicted octanol–water partition coefficient (Wildman–Crippen LogP) is 2.13. The molecule has 132 valence electrons. The third kappa shape index (κ3) is 4.47.